The minimum Gasteiger partial charge on any atom is -0.365 e. The molecule has 2 aromatic carbocycles. The average Bonchev–Trinajstić information content (AvgIpc) is 3.26. The van der Waals surface area contributed by atoms with E-state index in [0.717, 1.165) is 86.9 Å². The second-order valence-electron chi connectivity index (χ2n) is 20.3. The van der Waals surface area contributed by atoms with Gasteiger partial charge in [-0.1, -0.05) is 142 Å². The van der Waals surface area contributed by atoms with Gasteiger partial charge >= 0.3 is 0 Å². The Kier molecular flexibility index (Phi) is 19.5. The highest BCUT2D eigenvalue weighted by Gasteiger charge is 2.39. The van der Waals surface area contributed by atoms with Crippen LogP contribution in [0.25, 0.3) is 0 Å². The number of hydrogen-bond donors (Lipinski definition) is 0. The van der Waals surface area contributed by atoms with E-state index in [1.54, 1.807) is 12.1 Å². The smallest absolute Gasteiger partial charge is 0.159 e. The van der Waals surface area contributed by atoms with Gasteiger partial charge in [-0.2, -0.15) is 0 Å². The molecule has 0 aliphatic heterocycles. The van der Waals surface area contributed by atoms with Crippen LogP contribution in [0.2, 0.25) is 0 Å². The summed E-state index contributed by atoms with van der Waals surface area (Å²) in [5.74, 6) is 1.74. The first-order chi connectivity index (χ1) is 28.8. The summed E-state index contributed by atoms with van der Waals surface area (Å²) >= 11 is 0. The number of hydrogen-bond acceptors (Lipinski definition) is 1. The van der Waals surface area contributed by atoms with Crippen molar-refractivity contribution in [3.05, 3.63) is 70.8 Å². The van der Waals surface area contributed by atoms with Crippen LogP contribution < -0.4 is 0 Å². The minimum atomic E-state index is -0.853. The first kappa shape index (κ1) is 46.6. The molecule has 2 unspecified atom stereocenters. The Morgan fingerprint density at radius 2 is 0.729 bits per heavy atom. The molecule has 1 nitrogen and oxygen atoms in total. The third kappa shape index (κ3) is 14.1. The second-order valence-corrected chi connectivity index (χ2v) is 20.3. The topological polar surface area (TPSA) is 9.23 Å². The van der Waals surface area contributed by atoms with Crippen LogP contribution in [-0.4, -0.2) is 0 Å². The number of rotatable bonds is 22. The van der Waals surface area contributed by atoms with Crippen molar-refractivity contribution >= 4 is 0 Å². The molecule has 4 saturated carbocycles. The molecule has 0 spiro atoms. The zero-order chi connectivity index (χ0) is 41.4. The van der Waals surface area contributed by atoms with Crippen LogP contribution in [0.5, 0.6) is 0 Å². The van der Waals surface area contributed by atoms with Crippen molar-refractivity contribution in [2.75, 3.05) is 0 Å². The minimum absolute atomic E-state index is 0.163. The van der Waals surface area contributed by atoms with Crippen LogP contribution >= 0.6 is 0 Å². The standard InChI is InChI=1S/C54H82F4O/c1-3-5-7-9-11-13-15-39-17-21-41(22-18-39)43-25-29-45(30-26-43)53(47-33-35-49(55)51(57)37-47)59-54(48-34-36-50(56)52(58)38-48)46-31-27-44(28-32-46)42-23-19-40(20-24-42)16-14-12-10-8-6-4-2/h33-46,53-54H,3-32H2,1-2H3. The number of unbranched alkanes of at least 4 members (excludes halogenated alkanes) is 10. The van der Waals surface area contributed by atoms with Gasteiger partial charge in [0.15, 0.2) is 23.3 Å². The Labute approximate surface area is 358 Å². The summed E-state index contributed by atoms with van der Waals surface area (Å²) in [4.78, 5) is 0. The van der Waals surface area contributed by atoms with Crippen molar-refractivity contribution in [2.45, 2.75) is 219 Å². The third-order valence-electron chi connectivity index (χ3n) is 16.4. The van der Waals surface area contributed by atoms with Crippen LogP contribution in [-0.2, 0) is 4.74 Å². The van der Waals surface area contributed by atoms with E-state index in [1.165, 1.54) is 166 Å². The van der Waals surface area contributed by atoms with Gasteiger partial charge < -0.3 is 4.74 Å². The van der Waals surface area contributed by atoms with E-state index in [9.17, 15) is 17.6 Å². The normalized spacial score (nSPS) is 29.0. The summed E-state index contributed by atoms with van der Waals surface area (Å²) in [6, 6.07) is 8.52. The van der Waals surface area contributed by atoms with Gasteiger partial charge in [0.25, 0.3) is 0 Å². The van der Waals surface area contributed by atoms with Gasteiger partial charge in [0.05, 0.1) is 12.2 Å². The molecule has 4 aliphatic rings. The Hall–Kier alpha value is -1.88. The van der Waals surface area contributed by atoms with Gasteiger partial charge in [0.2, 0.25) is 0 Å². The maximum absolute atomic E-state index is 14.9. The highest BCUT2D eigenvalue weighted by atomic mass is 19.2. The molecule has 2 aromatic rings. The molecular formula is C54H82F4O. The molecule has 4 aliphatic carbocycles. The molecule has 0 radical (unpaired) electrons. The molecule has 0 saturated heterocycles. The fourth-order valence-electron chi connectivity index (χ4n) is 12.6. The summed E-state index contributed by atoms with van der Waals surface area (Å²) in [5, 5.41) is 0. The van der Waals surface area contributed by atoms with Crippen LogP contribution in [0, 0.1) is 70.6 Å². The molecule has 2 atom stereocenters. The average molecular weight is 823 g/mol. The van der Waals surface area contributed by atoms with Crippen molar-refractivity contribution in [1.29, 1.82) is 0 Å². The van der Waals surface area contributed by atoms with Gasteiger partial charge in [-0.15, -0.1) is 0 Å². The largest absolute Gasteiger partial charge is 0.365 e. The van der Waals surface area contributed by atoms with E-state index < -0.39 is 35.5 Å². The fraction of sp³-hybridized carbons (Fsp3) is 0.778. The van der Waals surface area contributed by atoms with Crippen molar-refractivity contribution in [3.8, 4) is 0 Å². The maximum atomic E-state index is 14.9. The van der Waals surface area contributed by atoms with E-state index in [-0.39, 0.29) is 11.8 Å². The Balaban J connectivity index is 1.06. The predicted molar refractivity (Wildman–Crippen MR) is 237 cm³/mol. The predicted octanol–water partition coefficient (Wildman–Crippen LogP) is 17.8. The first-order valence-corrected chi connectivity index (χ1v) is 25.4. The highest BCUT2D eigenvalue weighted by Crippen LogP contribution is 2.50. The summed E-state index contributed by atoms with van der Waals surface area (Å²) in [6.45, 7) is 4.57. The van der Waals surface area contributed by atoms with Gasteiger partial charge in [0, 0.05) is 0 Å². The van der Waals surface area contributed by atoms with Crippen LogP contribution in [0.3, 0.4) is 0 Å². The zero-order valence-corrected chi connectivity index (χ0v) is 37.4. The van der Waals surface area contributed by atoms with E-state index >= 15 is 0 Å². The van der Waals surface area contributed by atoms with E-state index in [2.05, 4.69) is 13.8 Å². The quantitative estimate of drug-likeness (QED) is 0.0849. The van der Waals surface area contributed by atoms with Crippen molar-refractivity contribution in [2.24, 2.45) is 47.3 Å². The monoisotopic (exact) mass is 823 g/mol. The van der Waals surface area contributed by atoms with Crippen LogP contribution in [0.4, 0.5) is 17.6 Å². The Morgan fingerprint density at radius 3 is 1.07 bits per heavy atom. The van der Waals surface area contributed by atoms with E-state index in [4.69, 9.17) is 4.74 Å². The zero-order valence-electron chi connectivity index (χ0n) is 37.4. The number of halogens is 4. The molecule has 59 heavy (non-hydrogen) atoms. The number of ether oxygens (including phenoxy) is 1. The highest BCUT2D eigenvalue weighted by molar-refractivity contribution is 5.24. The first-order valence-electron chi connectivity index (χ1n) is 25.4. The summed E-state index contributed by atoms with van der Waals surface area (Å²) in [5.41, 5.74) is 1.34. The second kappa shape index (κ2) is 24.7. The number of benzene rings is 2. The van der Waals surface area contributed by atoms with Crippen molar-refractivity contribution in [3.63, 3.8) is 0 Å². The molecule has 0 bridgehead atoms. The molecular weight excluding hydrogens is 741 g/mol. The molecule has 332 valence electrons. The molecule has 4 fully saturated rings. The van der Waals surface area contributed by atoms with Crippen molar-refractivity contribution < 1.29 is 22.3 Å². The molecule has 6 rings (SSSR count). The maximum Gasteiger partial charge on any atom is 0.159 e. The van der Waals surface area contributed by atoms with E-state index in [0.29, 0.717) is 11.1 Å². The van der Waals surface area contributed by atoms with Crippen LogP contribution in [0.15, 0.2) is 36.4 Å². The Bertz CT molecular complexity index is 1350. The fourth-order valence-corrected chi connectivity index (χ4v) is 12.6. The molecule has 0 heterocycles. The lowest BCUT2D eigenvalue weighted by Crippen LogP contribution is -2.31. The van der Waals surface area contributed by atoms with Gasteiger partial charge in [-0.3, -0.25) is 0 Å². The molecule has 0 aromatic heterocycles. The van der Waals surface area contributed by atoms with Gasteiger partial charge in [0.1, 0.15) is 0 Å². The summed E-state index contributed by atoms with van der Waals surface area (Å²) in [6.07, 6.45) is 37.9. The summed E-state index contributed by atoms with van der Waals surface area (Å²) < 4.78 is 65.8. The molecule has 0 N–H and O–H groups in total. The molecule has 5 heteroatoms. The van der Waals surface area contributed by atoms with Gasteiger partial charge in [-0.25, -0.2) is 17.6 Å². The third-order valence-corrected chi connectivity index (χ3v) is 16.4. The van der Waals surface area contributed by atoms with Crippen LogP contribution in [0.1, 0.15) is 230 Å². The lowest BCUT2D eigenvalue weighted by atomic mass is 9.67. The lowest BCUT2D eigenvalue weighted by Gasteiger charge is -2.43. The lowest BCUT2D eigenvalue weighted by molar-refractivity contribution is -0.0937. The van der Waals surface area contributed by atoms with E-state index in [1.807, 2.05) is 0 Å². The summed E-state index contributed by atoms with van der Waals surface area (Å²) in [7, 11) is 0. The van der Waals surface area contributed by atoms with Crippen molar-refractivity contribution in [1.82, 2.24) is 0 Å². The Morgan fingerprint density at radius 1 is 0.407 bits per heavy atom. The SMILES string of the molecule is CCCCCCCCC1CCC(C2CCC(C(OC(c3ccc(F)c(F)c3)C3CCC(C4CCC(CCCCCCCC)CC4)CC3)c3ccc(F)c(F)c3)CC2)CC1. The van der Waals surface area contributed by atoms with Gasteiger partial charge in [-0.05, 0) is 160 Å². The molecule has 0 amide bonds.